The van der Waals surface area contributed by atoms with Crippen LogP contribution in [0.2, 0.25) is 5.02 Å². The summed E-state index contributed by atoms with van der Waals surface area (Å²) in [4.78, 5) is 12.5. The number of hydrogen-bond donors (Lipinski definition) is 2. The molecule has 1 aromatic carbocycles. The molecule has 3 heterocycles. The van der Waals surface area contributed by atoms with Crippen LogP contribution >= 0.6 is 11.6 Å². The molecule has 1 aliphatic heterocycles. The van der Waals surface area contributed by atoms with Gasteiger partial charge in [0.25, 0.3) is 0 Å². The van der Waals surface area contributed by atoms with Crippen LogP contribution in [0.25, 0.3) is 5.69 Å². The molecule has 0 bridgehead atoms. The average Bonchev–Trinajstić information content (AvgIpc) is 3.25. The summed E-state index contributed by atoms with van der Waals surface area (Å²) in [7, 11) is 0. The molecule has 0 saturated carbocycles. The molecule has 8 nitrogen and oxygen atoms in total. The van der Waals surface area contributed by atoms with Gasteiger partial charge in [-0.1, -0.05) is 17.7 Å². The van der Waals surface area contributed by atoms with Crippen LogP contribution in [-0.4, -0.2) is 38.8 Å². The van der Waals surface area contributed by atoms with E-state index in [9.17, 15) is 4.79 Å². The van der Waals surface area contributed by atoms with Gasteiger partial charge in [0, 0.05) is 30.0 Å². The van der Waals surface area contributed by atoms with Crippen molar-refractivity contribution in [1.29, 1.82) is 0 Å². The van der Waals surface area contributed by atoms with Crippen LogP contribution in [-0.2, 0) is 4.74 Å². The molecule has 0 radical (unpaired) electrons. The van der Waals surface area contributed by atoms with E-state index in [1.807, 2.05) is 36.7 Å². The zero-order valence-corrected chi connectivity index (χ0v) is 17.1. The maximum Gasteiger partial charge on any atom is 0.324 e. The molecule has 152 valence electrons. The second-order valence-corrected chi connectivity index (χ2v) is 7.51. The van der Waals surface area contributed by atoms with E-state index in [2.05, 4.69) is 20.8 Å². The molecule has 3 aromatic rings. The summed E-state index contributed by atoms with van der Waals surface area (Å²) in [6.45, 7) is 5.35. The first kappa shape index (κ1) is 19.5. The number of amides is 2. The largest absolute Gasteiger partial charge is 0.381 e. The molecular weight excluding hydrogens is 392 g/mol. The molecule has 4 rings (SSSR count). The summed E-state index contributed by atoms with van der Waals surface area (Å²) >= 11 is 6.07. The summed E-state index contributed by atoms with van der Waals surface area (Å²) in [5, 5.41) is 15.2. The number of halogens is 1. The minimum absolute atomic E-state index is 0.304. The predicted molar refractivity (Wildman–Crippen MR) is 112 cm³/mol. The number of nitrogens with one attached hydrogen (secondary N) is 2. The SMILES string of the molecule is Cc1cc(NC(=O)Nc2cnn(C3CCOCC3)c2C)nn1-c1cccc(Cl)c1. The van der Waals surface area contributed by atoms with E-state index >= 15 is 0 Å². The van der Waals surface area contributed by atoms with Crippen LogP contribution in [0.4, 0.5) is 16.3 Å². The summed E-state index contributed by atoms with van der Waals surface area (Å²) in [6.07, 6.45) is 3.53. The molecule has 2 aromatic heterocycles. The van der Waals surface area contributed by atoms with Gasteiger partial charge in [-0.05, 0) is 44.9 Å². The van der Waals surface area contributed by atoms with E-state index < -0.39 is 0 Å². The number of urea groups is 1. The maximum atomic E-state index is 12.5. The molecule has 1 aliphatic rings. The van der Waals surface area contributed by atoms with Gasteiger partial charge in [-0.15, -0.1) is 5.10 Å². The summed E-state index contributed by atoms with van der Waals surface area (Å²) in [6, 6.07) is 9.13. The lowest BCUT2D eigenvalue weighted by atomic mass is 10.1. The first-order valence-corrected chi connectivity index (χ1v) is 9.91. The number of rotatable bonds is 4. The van der Waals surface area contributed by atoms with Crippen LogP contribution in [0, 0.1) is 13.8 Å². The normalized spacial score (nSPS) is 14.7. The highest BCUT2D eigenvalue weighted by Crippen LogP contribution is 2.25. The fraction of sp³-hybridized carbons (Fsp3) is 0.350. The highest BCUT2D eigenvalue weighted by molar-refractivity contribution is 6.30. The summed E-state index contributed by atoms with van der Waals surface area (Å²) in [5.41, 5.74) is 3.32. The summed E-state index contributed by atoms with van der Waals surface area (Å²) < 4.78 is 9.11. The van der Waals surface area contributed by atoms with Crippen molar-refractivity contribution in [3.8, 4) is 5.69 Å². The van der Waals surface area contributed by atoms with Crippen molar-refractivity contribution in [3.05, 3.63) is 52.9 Å². The molecule has 2 N–H and O–H groups in total. The first-order chi connectivity index (χ1) is 14.0. The van der Waals surface area contributed by atoms with Crippen LogP contribution in [0.15, 0.2) is 36.5 Å². The molecule has 1 saturated heterocycles. The number of carbonyl (C=O) groups is 1. The molecule has 2 amide bonds. The van der Waals surface area contributed by atoms with Gasteiger partial charge in [0.05, 0.1) is 29.3 Å². The number of benzene rings is 1. The third-order valence-electron chi connectivity index (χ3n) is 5.01. The second-order valence-electron chi connectivity index (χ2n) is 7.07. The van der Waals surface area contributed by atoms with Crippen molar-refractivity contribution in [3.63, 3.8) is 0 Å². The Morgan fingerprint density at radius 2 is 2.00 bits per heavy atom. The molecule has 1 fully saturated rings. The van der Waals surface area contributed by atoms with Crippen molar-refractivity contribution in [2.75, 3.05) is 23.8 Å². The number of nitrogens with zero attached hydrogens (tertiary/aromatic N) is 4. The molecule has 9 heteroatoms. The fourth-order valence-electron chi connectivity index (χ4n) is 3.52. The molecule has 0 aliphatic carbocycles. The molecular formula is C20H23ClN6O2. The van der Waals surface area contributed by atoms with E-state index in [1.165, 1.54) is 0 Å². The number of hydrogen-bond acceptors (Lipinski definition) is 4. The average molecular weight is 415 g/mol. The van der Waals surface area contributed by atoms with Crippen molar-refractivity contribution >= 4 is 29.1 Å². The number of carbonyl (C=O) groups excluding carboxylic acids is 1. The van der Waals surface area contributed by atoms with E-state index in [4.69, 9.17) is 16.3 Å². The Hall–Kier alpha value is -2.84. The number of aromatic nitrogens is 4. The molecule has 0 spiro atoms. The molecule has 29 heavy (non-hydrogen) atoms. The van der Waals surface area contributed by atoms with Gasteiger partial charge in [-0.2, -0.15) is 5.10 Å². The van der Waals surface area contributed by atoms with Gasteiger partial charge in [-0.3, -0.25) is 10.00 Å². The van der Waals surface area contributed by atoms with E-state index in [0.29, 0.717) is 22.6 Å². The van der Waals surface area contributed by atoms with Crippen LogP contribution < -0.4 is 10.6 Å². The van der Waals surface area contributed by atoms with Gasteiger partial charge in [0.1, 0.15) is 0 Å². The standard InChI is InChI=1S/C20H23ClN6O2/c1-13-10-19(25-26(13)17-5-3-4-15(21)11-17)24-20(28)23-18-12-22-27(14(18)2)16-6-8-29-9-7-16/h3-5,10-12,16H,6-9H2,1-2H3,(H2,23,24,25,28). The van der Waals surface area contributed by atoms with E-state index in [-0.39, 0.29) is 6.03 Å². The first-order valence-electron chi connectivity index (χ1n) is 9.54. The Morgan fingerprint density at radius 3 is 2.76 bits per heavy atom. The quantitative estimate of drug-likeness (QED) is 0.665. The lowest BCUT2D eigenvalue weighted by Gasteiger charge is -2.23. The predicted octanol–water partition coefficient (Wildman–Crippen LogP) is 4.33. The smallest absolute Gasteiger partial charge is 0.324 e. The lowest BCUT2D eigenvalue weighted by Crippen LogP contribution is -2.22. The molecule has 0 unspecified atom stereocenters. The van der Waals surface area contributed by atoms with Crippen LogP contribution in [0.1, 0.15) is 30.3 Å². The van der Waals surface area contributed by atoms with Gasteiger partial charge >= 0.3 is 6.03 Å². The number of ether oxygens (including phenoxy) is 1. The highest BCUT2D eigenvalue weighted by atomic mass is 35.5. The van der Waals surface area contributed by atoms with Crippen molar-refractivity contribution in [1.82, 2.24) is 19.6 Å². The van der Waals surface area contributed by atoms with Crippen molar-refractivity contribution < 1.29 is 9.53 Å². The Balaban J connectivity index is 1.44. The zero-order valence-electron chi connectivity index (χ0n) is 16.4. The summed E-state index contributed by atoms with van der Waals surface area (Å²) in [5.74, 6) is 0.453. The minimum Gasteiger partial charge on any atom is -0.381 e. The monoisotopic (exact) mass is 414 g/mol. The van der Waals surface area contributed by atoms with E-state index in [0.717, 1.165) is 43.1 Å². The van der Waals surface area contributed by atoms with Gasteiger partial charge < -0.3 is 10.1 Å². The van der Waals surface area contributed by atoms with Gasteiger partial charge in [0.15, 0.2) is 5.82 Å². The Kier molecular flexibility index (Phi) is 5.55. The Labute approximate surface area is 173 Å². The Morgan fingerprint density at radius 1 is 1.21 bits per heavy atom. The van der Waals surface area contributed by atoms with E-state index in [1.54, 1.807) is 23.0 Å². The molecule has 0 atom stereocenters. The van der Waals surface area contributed by atoms with Crippen molar-refractivity contribution in [2.24, 2.45) is 0 Å². The third kappa shape index (κ3) is 4.28. The fourth-order valence-corrected chi connectivity index (χ4v) is 3.70. The highest BCUT2D eigenvalue weighted by Gasteiger charge is 2.20. The second kappa shape index (κ2) is 8.26. The number of anilines is 2. The van der Waals surface area contributed by atoms with Crippen molar-refractivity contribution in [2.45, 2.75) is 32.7 Å². The third-order valence-corrected chi connectivity index (χ3v) is 5.25. The van der Waals surface area contributed by atoms with Crippen LogP contribution in [0.3, 0.4) is 0 Å². The lowest BCUT2D eigenvalue weighted by molar-refractivity contribution is 0.0657. The van der Waals surface area contributed by atoms with Gasteiger partial charge in [-0.25, -0.2) is 9.48 Å². The minimum atomic E-state index is -0.365. The Bertz CT molecular complexity index is 1020. The van der Waals surface area contributed by atoms with Gasteiger partial charge in [0.2, 0.25) is 0 Å². The number of aryl methyl sites for hydroxylation is 1. The zero-order chi connectivity index (χ0) is 20.4. The topological polar surface area (TPSA) is 86.0 Å². The van der Waals surface area contributed by atoms with Crippen LogP contribution in [0.5, 0.6) is 0 Å². The maximum absolute atomic E-state index is 12.5.